The molecule has 0 fully saturated rings. The summed E-state index contributed by atoms with van der Waals surface area (Å²) in [7, 11) is 0. The lowest BCUT2D eigenvalue weighted by molar-refractivity contribution is -0.180. The number of nitrogens with zero attached hydrogens (tertiary/aromatic N) is 2. The number of rotatable bonds is 2. The van der Waals surface area contributed by atoms with E-state index < -0.39 is 5.79 Å². The van der Waals surface area contributed by atoms with Gasteiger partial charge < -0.3 is 9.47 Å². The molecular formula is C18H20N2O2. The molecular weight excluding hydrogens is 276 g/mol. The van der Waals surface area contributed by atoms with Gasteiger partial charge in [-0.3, -0.25) is 4.98 Å². The van der Waals surface area contributed by atoms with Crippen LogP contribution in [0.4, 0.5) is 0 Å². The quantitative estimate of drug-likeness (QED) is 0.843. The highest BCUT2D eigenvalue weighted by Gasteiger charge is 2.30. The number of hydrogen-bond donors (Lipinski definition) is 0. The van der Waals surface area contributed by atoms with Crippen molar-refractivity contribution in [3.8, 4) is 5.75 Å². The number of aryl methyl sites for hydroxylation is 1. The molecule has 0 saturated carbocycles. The minimum absolute atomic E-state index is 0.547. The molecule has 0 aliphatic carbocycles. The minimum Gasteiger partial charge on any atom is -0.461 e. The molecule has 0 saturated heterocycles. The van der Waals surface area contributed by atoms with Gasteiger partial charge in [0.25, 0.3) is 0 Å². The fourth-order valence-electron chi connectivity index (χ4n) is 2.50. The van der Waals surface area contributed by atoms with Crippen molar-refractivity contribution in [3.05, 3.63) is 52.6 Å². The fraction of sp³-hybridized carbons (Fsp3) is 0.333. The van der Waals surface area contributed by atoms with Gasteiger partial charge in [0.2, 0.25) is 5.79 Å². The topological polar surface area (TPSA) is 44.2 Å². The first-order chi connectivity index (χ1) is 10.5. The Morgan fingerprint density at radius 2 is 2.05 bits per heavy atom. The molecule has 0 unspecified atom stereocenters. The Labute approximate surface area is 130 Å². The van der Waals surface area contributed by atoms with Crippen LogP contribution in [0.2, 0.25) is 0 Å². The third kappa shape index (κ3) is 2.88. The zero-order valence-corrected chi connectivity index (χ0v) is 13.4. The van der Waals surface area contributed by atoms with Crippen LogP contribution in [-0.4, -0.2) is 15.8 Å². The fourth-order valence-corrected chi connectivity index (χ4v) is 2.50. The van der Waals surface area contributed by atoms with E-state index >= 15 is 0 Å². The monoisotopic (exact) mass is 296 g/mol. The predicted octanol–water partition coefficient (Wildman–Crippen LogP) is 3.91. The molecule has 0 bridgehead atoms. The average molecular weight is 296 g/mol. The van der Waals surface area contributed by atoms with Crippen LogP contribution in [0.3, 0.4) is 0 Å². The summed E-state index contributed by atoms with van der Waals surface area (Å²) in [5, 5.41) is 0. The van der Waals surface area contributed by atoms with Gasteiger partial charge in [0.1, 0.15) is 5.75 Å². The van der Waals surface area contributed by atoms with E-state index in [2.05, 4.69) is 16.9 Å². The molecule has 0 N–H and O–H groups in total. The molecule has 2 aromatic heterocycles. The van der Waals surface area contributed by atoms with Crippen LogP contribution in [0.1, 0.15) is 41.9 Å². The maximum absolute atomic E-state index is 5.93. The smallest absolute Gasteiger partial charge is 0.205 e. The van der Waals surface area contributed by atoms with Crippen molar-refractivity contribution in [2.75, 3.05) is 0 Å². The number of aromatic nitrogens is 2. The van der Waals surface area contributed by atoms with Crippen molar-refractivity contribution >= 4 is 12.2 Å². The van der Waals surface area contributed by atoms with E-state index in [1.807, 2.05) is 51.3 Å². The van der Waals surface area contributed by atoms with Crippen molar-refractivity contribution in [3.63, 3.8) is 0 Å². The predicted molar refractivity (Wildman–Crippen MR) is 86.4 cm³/mol. The molecule has 114 valence electrons. The van der Waals surface area contributed by atoms with Gasteiger partial charge in [-0.05, 0) is 37.1 Å². The first-order valence-electron chi connectivity index (χ1n) is 7.37. The van der Waals surface area contributed by atoms with E-state index in [9.17, 15) is 0 Å². The molecule has 1 aliphatic heterocycles. The van der Waals surface area contributed by atoms with Crippen LogP contribution in [0.15, 0.2) is 24.5 Å². The van der Waals surface area contributed by atoms with Crippen molar-refractivity contribution in [1.29, 1.82) is 0 Å². The largest absolute Gasteiger partial charge is 0.461 e. The Kier molecular flexibility index (Phi) is 3.71. The molecule has 0 aromatic carbocycles. The lowest BCUT2D eigenvalue weighted by atomic mass is 10.0. The molecule has 22 heavy (non-hydrogen) atoms. The summed E-state index contributed by atoms with van der Waals surface area (Å²) in [5.74, 6) is 0.256. The SMILES string of the molecule is Cc1nc(/C=C/c2cccnc2)c(C)c2c1OC(C)(C)OC2. The maximum Gasteiger partial charge on any atom is 0.205 e. The normalized spacial score (nSPS) is 16.4. The van der Waals surface area contributed by atoms with Crippen molar-refractivity contribution in [2.45, 2.75) is 40.1 Å². The van der Waals surface area contributed by atoms with Crippen LogP contribution in [-0.2, 0) is 11.3 Å². The average Bonchev–Trinajstić information content (AvgIpc) is 2.49. The molecule has 1 aliphatic rings. The number of fused-ring (bicyclic) bond motifs is 1. The van der Waals surface area contributed by atoms with Gasteiger partial charge in [-0.15, -0.1) is 0 Å². The highest BCUT2D eigenvalue weighted by Crippen LogP contribution is 2.36. The lowest BCUT2D eigenvalue weighted by Crippen LogP contribution is -2.36. The standard InChI is InChI=1S/C18H20N2O2/c1-12-15-11-21-18(3,4)22-17(15)13(2)20-16(12)8-7-14-6-5-9-19-10-14/h5-10H,11H2,1-4H3/b8-7+. The van der Waals surface area contributed by atoms with Gasteiger partial charge in [0.15, 0.2) is 0 Å². The molecule has 3 rings (SSSR count). The van der Waals surface area contributed by atoms with Gasteiger partial charge in [-0.1, -0.05) is 12.1 Å². The zero-order chi connectivity index (χ0) is 15.7. The summed E-state index contributed by atoms with van der Waals surface area (Å²) in [5.41, 5.74) is 5.05. The first kappa shape index (κ1) is 14.7. The molecule has 0 amide bonds. The van der Waals surface area contributed by atoms with Gasteiger partial charge in [-0.2, -0.15) is 0 Å². The van der Waals surface area contributed by atoms with Crippen LogP contribution < -0.4 is 4.74 Å². The van der Waals surface area contributed by atoms with E-state index in [0.717, 1.165) is 33.8 Å². The van der Waals surface area contributed by atoms with Crippen molar-refractivity contribution in [1.82, 2.24) is 9.97 Å². The number of hydrogen-bond acceptors (Lipinski definition) is 4. The zero-order valence-electron chi connectivity index (χ0n) is 13.4. The summed E-state index contributed by atoms with van der Waals surface area (Å²) >= 11 is 0. The second kappa shape index (κ2) is 5.54. The number of pyridine rings is 2. The van der Waals surface area contributed by atoms with Crippen LogP contribution in [0.25, 0.3) is 12.2 Å². The molecule has 3 heterocycles. The van der Waals surface area contributed by atoms with Crippen molar-refractivity contribution < 1.29 is 9.47 Å². The van der Waals surface area contributed by atoms with E-state index in [-0.39, 0.29) is 0 Å². The second-order valence-corrected chi connectivity index (χ2v) is 5.93. The van der Waals surface area contributed by atoms with Crippen LogP contribution in [0.5, 0.6) is 5.75 Å². The van der Waals surface area contributed by atoms with Gasteiger partial charge >= 0.3 is 0 Å². The van der Waals surface area contributed by atoms with E-state index in [4.69, 9.17) is 9.47 Å². The summed E-state index contributed by atoms with van der Waals surface area (Å²) in [6, 6.07) is 3.93. The Hall–Kier alpha value is -2.20. The van der Waals surface area contributed by atoms with Gasteiger partial charge in [0.05, 0.1) is 18.0 Å². The minimum atomic E-state index is -0.598. The summed E-state index contributed by atoms with van der Waals surface area (Å²) < 4.78 is 11.7. The molecule has 4 nitrogen and oxygen atoms in total. The second-order valence-electron chi connectivity index (χ2n) is 5.93. The Morgan fingerprint density at radius 1 is 1.23 bits per heavy atom. The van der Waals surface area contributed by atoms with Gasteiger partial charge in [0, 0.05) is 31.8 Å². The molecule has 0 spiro atoms. The van der Waals surface area contributed by atoms with E-state index in [1.54, 1.807) is 6.20 Å². The third-order valence-corrected chi connectivity index (χ3v) is 3.76. The molecule has 0 atom stereocenters. The van der Waals surface area contributed by atoms with Crippen LogP contribution in [0, 0.1) is 13.8 Å². The van der Waals surface area contributed by atoms with E-state index in [1.165, 1.54) is 0 Å². The summed E-state index contributed by atoms with van der Waals surface area (Å²) in [6.45, 7) is 8.41. The van der Waals surface area contributed by atoms with Gasteiger partial charge in [-0.25, -0.2) is 4.98 Å². The summed E-state index contributed by atoms with van der Waals surface area (Å²) in [6.07, 6.45) is 7.62. The Bertz CT molecular complexity index is 722. The molecule has 2 aromatic rings. The third-order valence-electron chi connectivity index (χ3n) is 3.76. The maximum atomic E-state index is 5.93. The highest BCUT2D eigenvalue weighted by molar-refractivity contribution is 5.70. The Morgan fingerprint density at radius 3 is 2.77 bits per heavy atom. The molecule has 4 heteroatoms. The highest BCUT2D eigenvalue weighted by atomic mass is 16.7. The number of ether oxygens (including phenoxy) is 2. The van der Waals surface area contributed by atoms with E-state index in [0.29, 0.717) is 6.61 Å². The molecule has 0 radical (unpaired) electrons. The van der Waals surface area contributed by atoms with Crippen LogP contribution >= 0.6 is 0 Å². The summed E-state index contributed by atoms with van der Waals surface area (Å²) in [4.78, 5) is 8.79. The van der Waals surface area contributed by atoms with Crippen molar-refractivity contribution in [2.24, 2.45) is 0 Å². The lowest BCUT2D eigenvalue weighted by Gasteiger charge is -2.34. The Balaban J connectivity index is 1.98. The first-order valence-corrected chi connectivity index (χ1v) is 7.37.